The first-order chi connectivity index (χ1) is 9.11. The van der Waals surface area contributed by atoms with Crippen molar-refractivity contribution in [2.75, 3.05) is 6.54 Å². The van der Waals surface area contributed by atoms with Crippen molar-refractivity contribution in [2.45, 2.75) is 12.3 Å². The van der Waals surface area contributed by atoms with Crippen molar-refractivity contribution >= 4 is 27.5 Å². The molecule has 0 radical (unpaired) electrons. The Bertz CT molecular complexity index is 574. The summed E-state index contributed by atoms with van der Waals surface area (Å²) in [5, 5.41) is 9.81. The second kappa shape index (κ2) is 6.42. The van der Waals surface area contributed by atoms with E-state index in [-0.39, 0.29) is 11.7 Å². The standard InChI is InChI=1S/C15H15BrClNO/c16-13-4-2-1-3-12(13)11(9-18)7-10-5-6-15(19)14(17)8-10/h1-6,8,11,19H,7,9,18H2. The van der Waals surface area contributed by atoms with Gasteiger partial charge in [0.15, 0.2) is 0 Å². The summed E-state index contributed by atoms with van der Waals surface area (Å²) in [6.45, 7) is 0.557. The lowest BCUT2D eigenvalue weighted by molar-refractivity contribution is 0.475. The summed E-state index contributed by atoms with van der Waals surface area (Å²) >= 11 is 9.48. The molecule has 4 heteroatoms. The maximum absolute atomic E-state index is 9.43. The minimum Gasteiger partial charge on any atom is -0.506 e. The molecule has 0 aliphatic carbocycles. The van der Waals surface area contributed by atoms with Crippen LogP contribution in [0.25, 0.3) is 0 Å². The molecule has 19 heavy (non-hydrogen) atoms. The van der Waals surface area contributed by atoms with Gasteiger partial charge in [-0.3, -0.25) is 0 Å². The summed E-state index contributed by atoms with van der Waals surface area (Å²) in [5.74, 6) is 0.326. The van der Waals surface area contributed by atoms with Crippen LogP contribution in [0.3, 0.4) is 0 Å². The Kier molecular flexibility index (Phi) is 4.86. The van der Waals surface area contributed by atoms with Crippen molar-refractivity contribution in [3.05, 3.63) is 63.1 Å². The average Bonchev–Trinajstić information content (AvgIpc) is 2.41. The second-order valence-electron chi connectivity index (χ2n) is 4.44. The fourth-order valence-electron chi connectivity index (χ4n) is 2.09. The summed E-state index contributed by atoms with van der Waals surface area (Å²) in [6.07, 6.45) is 0.791. The van der Waals surface area contributed by atoms with Crippen LogP contribution in [0.15, 0.2) is 46.9 Å². The van der Waals surface area contributed by atoms with Crippen LogP contribution in [-0.2, 0) is 6.42 Å². The molecule has 0 aromatic heterocycles. The van der Waals surface area contributed by atoms with Gasteiger partial charge >= 0.3 is 0 Å². The molecule has 0 bridgehead atoms. The lowest BCUT2D eigenvalue weighted by Crippen LogP contribution is -2.15. The quantitative estimate of drug-likeness (QED) is 0.880. The van der Waals surface area contributed by atoms with E-state index in [2.05, 4.69) is 22.0 Å². The molecule has 2 aromatic carbocycles. The second-order valence-corrected chi connectivity index (χ2v) is 5.71. The molecule has 0 spiro atoms. The molecular weight excluding hydrogens is 326 g/mol. The molecule has 2 nitrogen and oxygen atoms in total. The molecule has 0 aliphatic rings. The van der Waals surface area contributed by atoms with E-state index in [0.29, 0.717) is 11.6 Å². The number of nitrogens with two attached hydrogens (primary N) is 1. The molecule has 2 rings (SSSR count). The third-order valence-corrected chi connectivity index (χ3v) is 4.15. The van der Waals surface area contributed by atoms with E-state index in [9.17, 15) is 5.11 Å². The van der Waals surface area contributed by atoms with Gasteiger partial charge in [-0.1, -0.05) is 51.8 Å². The van der Waals surface area contributed by atoms with Gasteiger partial charge in [-0.25, -0.2) is 0 Å². The largest absolute Gasteiger partial charge is 0.506 e. The van der Waals surface area contributed by atoms with E-state index < -0.39 is 0 Å². The third-order valence-electron chi connectivity index (χ3n) is 3.12. The highest BCUT2D eigenvalue weighted by Crippen LogP contribution is 2.30. The highest BCUT2D eigenvalue weighted by Gasteiger charge is 2.14. The topological polar surface area (TPSA) is 46.2 Å². The average molecular weight is 341 g/mol. The maximum Gasteiger partial charge on any atom is 0.134 e. The van der Waals surface area contributed by atoms with Crippen LogP contribution in [0.5, 0.6) is 5.75 Å². The zero-order valence-electron chi connectivity index (χ0n) is 10.3. The molecule has 0 heterocycles. The molecular formula is C15H15BrClNO. The third kappa shape index (κ3) is 3.50. The molecule has 0 fully saturated rings. The Morgan fingerprint density at radius 2 is 1.95 bits per heavy atom. The van der Waals surface area contributed by atoms with Crippen LogP contribution < -0.4 is 5.73 Å². The zero-order chi connectivity index (χ0) is 13.8. The van der Waals surface area contributed by atoms with Crippen LogP contribution in [0.2, 0.25) is 5.02 Å². The summed E-state index contributed by atoms with van der Waals surface area (Å²) in [5.41, 5.74) is 8.14. The molecule has 3 N–H and O–H groups in total. The minimum absolute atomic E-state index is 0.107. The van der Waals surface area contributed by atoms with Crippen LogP contribution in [0.4, 0.5) is 0 Å². The van der Waals surface area contributed by atoms with Crippen molar-refractivity contribution < 1.29 is 5.11 Å². The van der Waals surface area contributed by atoms with E-state index in [1.165, 1.54) is 5.56 Å². The van der Waals surface area contributed by atoms with E-state index in [1.807, 2.05) is 24.3 Å². The van der Waals surface area contributed by atoms with Gasteiger partial charge in [-0.05, 0) is 42.3 Å². The van der Waals surface area contributed by atoms with Gasteiger partial charge in [-0.15, -0.1) is 0 Å². The predicted octanol–water partition coefficient (Wildman–Crippen LogP) is 4.09. The lowest BCUT2D eigenvalue weighted by Gasteiger charge is -2.17. The normalized spacial score (nSPS) is 12.4. The smallest absolute Gasteiger partial charge is 0.134 e. The first-order valence-electron chi connectivity index (χ1n) is 6.03. The van der Waals surface area contributed by atoms with Gasteiger partial charge in [0.2, 0.25) is 0 Å². The molecule has 0 aliphatic heterocycles. The number of hydrogen-bond acceptors (Lipinski definition) is 2. The number of benzene rings is 2. The van der Waals surface area contributed by atoms with Crippen LogP contribution in [0.1, 0.15) is 17.0 Å². The molecule has 1 unspecified atom stereocenters. The summed E-state index contributed by atoms with van der Waals surface area (Å²) in [4.78, 5) is 0. The molecule has 100 valence electrons. The van der Waals surface area contributed by atoms with Gasteiger partial charge in [0, 0.05) is 10.4 Å². The molecule has 0 saturated heterocycles. The van der Waals surface area contributed by atoms with E-state index in [0.717, 1.165) is 16.5 Å². The Morgan fingerprint density at radius 1 is 1.21 bits per heavy atom. The van der Waals surface area contributed by atoms with E-state index >= 15 is 0 Å². The zero-order valence-corrected chi connectivity index (χ0v) is 12.7. The highest BCUT2D eigenvalue weighted by molar-refractivity contribution is 9.10. The fourth-order valence-corrected chi connectivity index (χ4v) is 2.90. The van der Waals surface area contributed by atoms with Crippen LogP contribution >= 0.6 is 27.5 Å². The van der Waals surface area contributed by atoms with Crippen molar-refractivity contribution in [1.29, 1.82) is 0 Å². The van der Waals surface area contributed by atoms with Crippen LogP contribution in [-0.4, -0.2) is 11.7 Å². The lowest BCUT2D eigenvalue weighted by atomic mass is 9.92. The van der Waals surface area contributed by atoms with Gasteiger partial charge in [0.25, 0.3) is 0 Å². The summed E-state index contributed by atoms with van der Waals surface area (Å²) < 4.78 is 1.07. The predicted molar refractivity (Wildman–Crippen MR) is 82.8 cm³/mol. The van der Waals surface area contributed by atoms with Crippen molar-refractivity contribution in [3.8, 4) is 5.75 Å². The summed E-state index contributed by atoms with van der Waals surface area (Å²) in [7, 11) is 0. The first-order valence-corrected chi connectivity index (χ1v) is 7.20. The van der Waals surface area contributed by atoms with Gasteiger partial charge in [0.05, 0.1) is 5.02 Å². The van der Waals surface area contributed by atoms with Crippen molar-refractivity contribution in [1.82, 2.24) is 0 Å². The monoisotopic (exact) mass is 339 g/mol. The highest BCUT2D eigenvalue weighted by atomic mass is 79.9. The van der Waals surface area contributed by atoms with Crippen molar-refractivity contribution in [2.24, 2.45) is 5.73 Å². The first kappa shape index (κ1) is 14.4. The number of halogens is 2. The van der Waals surface area contributed by atoms with E-state index in [1.54, 1.807) is 12.1 Å². The Labute approximate surface area is 126 Å². The molecule has 0 amide bonds. The van der Waals surface area contributed by atoms with Gasteiger partial charge in [0.1, 0.15) is 5.75 Å². The molecule has 2 aromatic rings. The molecule has 1 atom stereocenters. The maximum atomic E-state index is 9.43. The fraction of sp³-hybridized carbons (Fsp3) is 0.200. The van der Waals surface area contributed by atoms with Crippen molar-refractivity contribution in [3.63, 3.8) is 0 Å². The van der Waals surface area contributed by atoms with Gasteiger partial charge < -0.3 is 10.8 Å². The van der Waals surface area contributed by atoms with Gasteiger partial charge in [-0.2, -0.15) is 0 Å². The van der Waals surface area contributed by atoms with Crippen LogP contribution in [0, 0.1) is 0 Å². The summed E-state index contributed by atoms with van der Waals surface area (Å²) in [6, 6.07) is 13.4. The number of rotatable bonds is 4. The Hall–Kier alpha value is -1.03. The SMILES string of the molecule is NCC(Cc1ccc(O)c(Cl)c1)c1ccccc1Br. The number of phenolic OH excluding ortho intramolecular Hbond substituents is 1. The Morgan fingerprint density at radius 3 is 2.58 bits per heavy atom. The molecule has 0 saturated carbocycles. The number of hydrogen-bond donors (Lipinski definition) is 2. The number of aromatic hydroxyl groups is 1. The minimum atomic E-state index is 0.107. The number of phenols is 1. The Balaban J connectivity index is 2.24. The van der Waals surface area contributed by atoms with E-state index in [4.69, 9.17) is 17.3 Å².